The van der Waals surface area contributed by atoms with Gasteiger partial charge in [-0.1, -0.05) is 36.4 Å². The van der Waals surface area contributed by atoms with Crippen LogP contribution < -0.4 is 15.5 Å². The third-order valence-corrected chi connectivity index (χ3v) is 4.75. The largest absolute Gasteiger partial charge is 0.452 e. The van der Waals surface area contributed by atoms with Crippen LogP contribution in [0.3, 0.4) is 0 Å². The molecule has 0 aliphatic carbocycles. The van der Waals surface area contributed by atoms with Gasteiger partial charge in [-0.2, -0.15) is 0 Å². The van der Waals surface area contributed by atoms with Crippen molar-refractivity contribution in [3.63, 3.8) is 0 Å². The predicted molar refractivity (Wildman–Crippen MR) is 107 cm³/mol. The summed E-state index contributed by atoms with van der Waals surface area (Å²) in [5.41, 5.74) is 0.741. The number of fused-ring (bicyclic) bond motifs is 1. The number of amides is 4. The SMILES string of the molecule is CCNC(=O)NC(=O)[C@@H](C)OC(=O)[C@H]1CC(=O)N(c2cccc3ccccc23)C1. The van der Waals surface area contributed by atoms with Crippen molar-refractivity contribution in [1.82, 2.24) is 10.6 Å². The lowest BCUT2D eigenvalue weighted by Gasteiger charge is -2.19. The van der Waals surface area contributed by atoms with E-state index in [1.165, 1.54) is 6.92 Å². The molecule has 1 aliphatic heterocycles. The lowest BCUT2D eigenvalue weighted by Crippen LogP contribution is -2.45. The van der Waals surface area contributed by atoms with Crippen LogP contribution in [0.25, 0.3) is 10.8 Å². The Morgan fingerprint density at radius 2 is 1.90 bits per heavy atom. The summed E-state index contributed by atoms with van der Waals surface area (Å²) in [6.07, 6.45) is -1.14. The van der Waals surface area contributed by atoms with Crippen molar-refractivity contribution in [2.24, 2.45) is 5.92 Å². The summed E-state index contributed by atoms with van der Waals surface area (Å²) in [5.74, 6) is -2.22. The van der Waals surface area contributed by atoms with Gasteiger partial charge in [-0.25, -0.2) is 4.79 Å². The Morgan fingerprint density at radius 3 is 2.66 bits per heavy atom. The molecule has 8 heteroatoms. The third kappa shape index (κ3) is 4.53. The average molecular weight is 397 g/mol. The predicted octanol–water partition coefficient (Wildman–Crippen LogP) is 1.97. The fraction of sp³-hybridized carbons (Fsp3) is 0.333. The van der Waals surface area contributed by atoms with Crippen LogP contribution in [-0.2, 0) is 19.1 Å². The second kappa shape index (κ2) is 8.72. The molecule has 3 rings (SSSR count). The summed E-state index contributed by atoms with van der Waals surface area (Å²) < 4.78 is 5.19. The van der Waals surface area contributed by atoms with Crippen molar-refractivity contribution >= 4 is 40.3 Å². The van der Waals surface area contributed by atoms with E-state index in [0.29, 0.717) is 6.54 Å². The molecule has 0 radical (unpaired) electrons. The molecule has 8 nitrogen and oxygen atoms in total. The summed E-state index contributed by atoms with van der Waals surface area (Å²) in [6.45, 7) is 3.63. The van der Waals surface area contributed by atoms with Crippen LogP contribution in [0, 0.1) is 5.92 Å². The number of hydrogen-bond donors (Lipinski definition) is 2. The standard InChI is InChI=1S/C21H23N3O5/c1-3-22-21(28)23-19(26)13(2)29-20(27)15-11-18(25)24(12-15)17-10-6-8-14-7-4-5-9-16(14)17/h4-10,13,15H,3,11-12H2,1-2H3,(H2,22,23,26,28)/t13-,15+/m1/s1. The topological polar surface area (TPSA) is 105 Å². The van der Waals surface area contributed by atoms with E-state index in [1.54, 1.807) is 11.8 Å². The molecule has 2 N–H and O–H groups in total. The van der Waals surface area contributed by atoms with E-state index < -0.39 is 29.9 Å². The van der Waals surface area contributed by atoms with E-state index in [1.807, 2.05) is 42.5 Å². The Kier molecular flexibility index (Phi) is 6.11. The van der Waals surface area contributed by atoms with Gasteiger partial charge in [0.2, 0.25) is 5.91 Å². The smallest absolute Gasteiger partial charge is 0.321 e. The zero-order valence-corrected chi connectivity index (χ0v) is 16.3. The lowest BCUT2D eigenvalue weighted by atomic mass is 10.1. The van der Waals surface area contributed by atoms with Crippen LogP contribution in [0.5, 0.6) is 0 Å². The van der Waals surface area contributed by atoms with Crippen LogP contribution in [0.1, 0.15) is 20.3 Å². The Morgan fingerprint density at radius 1 is 1.17 bits per heavy atom. The van der Waals surface area contributed by atoms with Crippen LogP contribution in [-0.4, -0.2) is 43.0 Å². The van der Waals surface area contributed by atoms with E-state index in [4.69, 9.17) is 4.74 Å². The number of rotatable bonds is 5. The van der Waals surface area contributed by atoms with Gasteiger partial charge < -0.3 is 15.0 Å². The van der Waals surface area contributed by atoms with Gasteiger partial charge in [0.05, 0.1) is 11.6 Å². The maximum atomic E-state index is 12.6. The quantitative estimate of drug-likeness (QED) is 0.751. The maximum absolute atomic E-state index is 12.6. The molecule has 1 fully saturated rings. The fourth-order valence-corrected chi connectivity index (χ4v) is 3.28. The third-order valence-electron chi connectivity index (χ3n) is 4.75. The number of esters is 1. The van der Waals surface area contributed by atoms with Crippen molar-refractivity contribution in [1.29, 1.82) is 0 Å². The minimum absolute atomic E-state index is 0.00666. The first kappa shape index (κ1) is 20.3. The number of urea groups is 1. The zero-order valence-electron chi connectivity index (χ0n) is 16.3. The number of imide groups is 1. The molecule has 29 heavy (non-hydrogen) atoms. The van der Waals surface area contributed by atoms with Gasteiger partial charge in [-0.15, -0.1) is 0 Å². The van der Waals surface area contributed by atoms with Crippen molar-refractivity contribution in [2.75, 3.05) is 18.0 Å². The monoisotopic (exact) mass is 397 g/mol. The number of ether oxygens (including phenoxy) is 1. The van der Waals surface area contributed by atoms with Gasteiger partial charge in [-0.3, -0.25) is 19.7 Å². The molecule has 0 bridgehead atoms. The Bertz CT molecular complexity index is 953. The molecule has 1 aliphatic rings. The van der Waals surface area contributed by atoms with Crippen molar-refractivity contribution < 1.29 is 23.9 Å². The second-order valence-corrected chi connectivity index (χ2v) is 6.83. The first-order chi connectivity index (χ1) is 13.9. The molecule has 2 aromatic carbocycles. The summed E-state index contributed by atoms with van der Waals surface area (Å²) in [6, 6.07) is 12.7. The van der Waals surface area contributed by atoms with Crippen LogP contribution in [0.4, 0.5) is 10.5 Å². The van der Waals surface area contributed by atoms with E-state index in [2.05, 4.69) is 10.6 Å². The van der Waals surface area contributed by atoms with E-state index in [9.17, 15) is 19.2 Å². The van der Waals surface area contributed by atoms with Gasteiger partial charge in [0.25, 0.3) is 5.91 Å². The van der Waals surface area contributed by atoms with Gasteiger partial charge >= 0.3 is 12.0 Å². The van der Waals surface area contributed by atoms with Crippen molar-refractivity contribution in [3.05, 3.63) is 42.5 Å². The van der Waals surface area contributed by atoms with Crippen LogP contribution >= 0.6 is 0 Å². The number of nitrogens with zero attached hydrogens (tertiary/aromatic N) is 1. The van der Waals surface area contributed by atoms with E-state index >= 15 is 0 Å². The molecule has 0 saturated carbocycles. The zero-order chi connectivity index (χ0) is 21.0. The highest BCUT2D eigenvalue weighted by atomic mass is 16.5. The molecule has 4 amide bonds. The minimum Gasteiger partial charge on any atom is -0.452 e. The first-order valence-electron chi connectivity index (χ1n) is 9.48. The number of hydrogen-bond acceptors (Lipinski definition) is 5. The van der Waals surface area contributed by atoms with Gasteiger partial charge in [0, 0.05) is 24.9 Å². The lowest BCUT2D eigenvalue weighted by molar-refractivity contribution is -0.158. The maximum Gasteiger partial charge on any atom is 0.321 e. The minimum atomic E-state index is -1.15. The normalized spacial score (nSPS) is 17.1. The number of carbonyl (C=O) groups excluding carboxylic acids is 4. The fourth-order valence-electron chi connectivity index (χ4n) is 3.28. The molecule has 2 atom stereocenters. The molecule has 152 valence electrons. The van der Waals surface area contributed by atoms with Gasteiger partial charge in [-0.05, 0) is 25.3 Å². The molecule has 2 aromatic rings. The summed E-state index contributed by atoms with van der Waals surface area (Å²) >= 11 is 0. The summed E-state index contributed by atoms with van der Waals surface area (Å²) in [7, 11) is 0. The molecular weight excluding hydrogens is 374 g/mol. The number of nitrogens with one attached hydrogen (secondary N) is 2. The molecule has 1 heterocycles. The van der Waals surface area contributed by atoms with Crippen molar-refractivity contribution in [3.8, 4) is 0 Å². The average Bonchev–Trinajstić information content (AvgIpc) is 3.09. The Labute approximate surface area is 168 Å². The number of anilines is 1. The highest BCUT2D eigenvalue weighted by Gasteiger charge is 2.37. The summed E-state index contributed by atoms with van der Waals surface area (Å²) in [5, 5.41) is 6.44. The molecule has 0 aromatic heterocycles. The first-order valence-corrected chi connectivity index (χ1v) is 9.48. The van der Waals surface area contributed by atoms with Crippen molar-refractivity contribution in [2.45, 2.75) is 26.4 Å². The van der Waals surface area contributed by atoms with Gasteiger partial charge in [0.15, 0.2) is 6.10 Å². The second-order valence-electron chi connectivity index (χ2n) is 6.83. The van der Waals surface area contributed by atoms with Crippen LogP contribution in [0.15, 0.2) is 42.5 Å². The number of carbonyl (C=O) groups is 4. The molecular formula is C21H23N3O5. The Balaban J connectivity index is 1.66. The Hall–Kier alpha value is -3.42. The van der Waals surface area contributed by atoms with Gasteiger partial charge in [0.1, 0.15) is 0 Å². The molecule has 0 unspecified atom stereocenters. The summed E-state index contributed by atoms with van der Waals surface area (Å²) in [4.78, 5) is 50.0. The highest BCUT2D eigenvalue weighted by molar-refractivity contribution is 6.06. The van der Waals surface area contributed by atoms with Crippen LogP contribution in [0.2, 0.25) is 0 Å². The number of benzene rings is 2. The molecule has 0 spiro atoms. The van der Waals surface area contributed by atoms with E-state index in [0.717, 1.165) is 16.5 Å². The highest BCUT2D eigenvalue weighted by Crippen LogP contribution is 2.32. The molecule has 1 saturated heterocycles. The van der Waals surface area contributed by atoms with E-state index in [-0.39, 0.29) is 18.9 Å².